The first kappa shape index (κ1) is 13.3. The van der Waals surface area contributed by atoms with Gasteiger partial charge in [-0.15, -0.1) is 5.11 Å². The number of fused-ring (bicyclic) bond motifs is 1. The van der Waals surface area contributed by atoms with E-state index < -0.39 is 0 Å². The Bertz CT molecular complexity index is 792. The molecule has 3 rings (SSSR count). The molecule has 0 bridgehead atoms. The van der Waals surface area contributed by atoms with Crippen LogP contribution in [0.2, 0.25) is 0 Å². The zero-order valence-corrected chi connectivity index (χ0v) is 12.1. The SMILES string of the molecule is COc1c(N=Nc2ccc(C)cc2)ccc2ccccc12. The van der Waals surface area contributed by atoms with Gasteiger partial charge in [0.2, 0.25) is 0 Å². The molecule has 104 valence electrons. The van der Waals surface area contributed by atoms with Gasteiger partial charge in [-0.1, -0.05) is 48.0 Å². The minimum Gasteiger partial charge on any atom is -0.494 e. The Hall–Kier alpha value is -2.68. The predicted octanol–water partition coefficient (Wildman–Crippen LogP) is 5.57. The maximum atomic E-state index is 5.51. The molecule has 21 heavy (non-hydrogen) atoms. The van der Waals surface area contributed by atoms with Crippen LogP contribution in [0.1, 0.15) is 5.56 Å². The molecule has 3 aromatic carbocycles. The molecule has 0 radical (unpaired) electrons. The summed E-state index contributed by atoms with van der Waals surface area (Å²) in [7, 11) is 1.66. The maximum absolute atomic E-state index is 5.51. The lowest BCUT2D eigenvalue weighted by molar-refractivity contribution is 0.421. The molecule has 0 atom stereocenters. The zero-order valence-electron chi connectivity index (χ0n) is 12.1. The van der Waals surface area contributed by atoms with Crippen molar-refractivity contribution in [3.05, 3.63) is 66.2 Å². The summed E-state index contributed by atoms with van der Waals surface area (Å²) < 4.78 is 5.51. The zero-order chi connectivity index (χ0) is 14.7. The van der Waals surface area contributed by atoms with E-state index in [0.717, 1.165) is 27.9 Å². The largest absolute Gasteiger partial charge is 0.494 e. The Morgan fingerprint density at radius 2 is 1.57 bits per heavy atom. The third kappa shape index (κ3) is 2.77. The third-order valence-corrected chi connectivity index (χ3v) is 3.37. The predicted molar refractivity (Wildman–Crippen MR) is 85.9 cm³/mol. The molecule has 0 unspecified atom stereocenters. The van der Waals surface area contributed by atoms with Crippen molar-refractivity contribution in [2.45, 2.75) is 6.92 Å². The highest BCUT2D eigenvalue weighted by Crippen LogP contribution is 2.36. The number of hydrogen-bond donors (Lipinski definition) is 0. The summed E-state index contributed by atoms with van der Waals surface area (Å²) in [5, 5.41) is 10.8. The molecule has 0 saturated carbocycles. The van der Waals surface area contributed by atoms with Crippen LogP contribution in [0.4, 0.5) is 11.4 Å². The number of benzene rings is 3. The van der Waals surface area contributed by atoms with Gasteiger partial charge in [-0.3, -0.25) is 0 Å². The van der Waals surface area contributed by atoms with E-state index in [0.29, 0.717) is 0 Å². The summed E-state index contributed by atoms with van der Waals surface area (Å²) in [6.07, 6.45) is 0. The molecule has 0 aliphatic heterocycles. The summed E-state index contributed by atoms with van der Waals surface area (Å²) in [6.45, 7) is 2.05. The first-order valence-corrected chi connectivity index (χ1v) is 6.82. The van der Waals surface area contributed by atoms with Crippen LogP contribution in [0, 0.1) is 6.92 Å². The van der Waals surface area contributed by atoms with Crippen LogP contribution in [0.3, 0.4) is 0 Å². The topological polar surface area (TPSA) is 34.0 Å². The normalized spacial score (nSPS) is 11.1. The van der Waals surface area contributed by atoms with Gasteiger partial charge in [0.15, 0.2) is 5.75 Å². The van der Waals surface area contributed by atoms with Crippen molar-refractivity contribution < 1.29 is 4.74 Å². The minimum absolute atomic E-state index is 0.733. The van der Waals surface area contributed by atoms with E-state index in [9.17, 15) is 0 Å². The van der Waals surface area contributed by atoms with Gasteiger partial charge in [-0.25, -0.2) is 0 Å². The second kappa shape index (κ2) is 5.75. The summed E-state index contributed by atoms with van der Waals surface area (Å²) in [6, 6.07) is 20.0. The van der Waals surface area contributed by atoms with Crippen LogP contribution in [0.5, 0.6) is 5.75 Å². The van der Waals surface area contributed by atoms with E-state index in [2.05, 4.69) is 16.3 Å². The van der Waals surface area contributed by atoms with Crippen molar-refractivity contribution in [3.8, 4) is 5.75 Å². The van der Waals surface area contributed by atoms with Gasteiger partial charge in [0.05, 0.1) is 12.8 Å². The van der Waals surface area contributed by atoms with Gasteiger partial charge in [0.25, 0.3) is 0 Å². The smallest absolute Gasteiger partial charge is 0.154 e. The quantitative estimate of drug-likeness (QED) is 0.575. The number of nitrogens with zero attached hydrogens (tertiary/aromatic N) is 2. The molecular weight excluding hydrogens is 260 g/mol. The molecule has 3 nitrogen and oxygen atoms in total. The highest BCUT2D eigenvalue weighted by atomic mass is 16.5. The van der Waals surface area contributed by atoms with Crippen LogP contribution in [0.15, 0.2) is 70.9 Å². The lowest BCUT2D eigenvalue weighted by Crippen LogP contribution is -1.85. The molecule has 0 N–H and O–H groups in total. The minimum atomic E-state index is 0.733. The Morgan fingerprint density at radius 1 is 0.810 bits per heavy atom. The molecule has 3 aromatic rings. The van der Waals surface area contributed by atoms with Crippen molar-refractivity contribution in [3.63, 3.8) is 0 Å². The van der Waals surface area contributed by atoms with Crippen molar-refractivity contribution in [2.24, 2.45) is 10.2 Å². The van der Waals surface area contributed by atoms with E-state index in [1.807, 2.05) is 61.5 Å². The molecule has 3 heteroatoms. The van der Waals surface area contributed by atoms with Gasteiger partial charge in [0.1, 0.15) is 5.69 Å². The number of hydrogen-bond acceptors (Lipinski definition) is 3. The van der Waals surface area contributed by atoms with Gasteiger partial charge in [-0.05, 0) is 30.5 Å². The van der Waals surface area contributed by atoms with E-state index in [1.165, 1.54) is 5.56 Å². The van der Waals surface area contributed by atoms with Gasteiger partial charge >= 0.3 is 0 Å². The number of azo groups is 1. The van der Waals surface area contributed by atoms with Crippen LogP contribution >= 0.6 is 0 Å². The fraction of sp³-hybridized carbons (Fsp3) is 0.111. The molecule has 0 heterocycles. The fourth-order valence-electron chi connectivity index (χ4n) is 2.25. The average molecular weight is 276 g/mol. The number of aryl methyl sites for hydroxylation is 1. The summed E-state index contributed by atoms with van der Waals surface area (Å²) in [4.78, 5) is 0. The highest BCUT2D eigenvalue weighted by Gasteiger charge is 2.07. The van der Waals surface area contributed by atoms with E-state index in [-0.39, 0.29) is 0 Å². The molecule has 0 fully saturated rings. The third-order valence-electron chi connectivity index (χ3n) is 3.37. The second-order valence-electron chi connectivity index (χ2n) is 4.87. The second-order valence-corrected chi connectivity index (χ2v) is 4.87. The van der Waals surface area contributed by atoms with Crippen molar-refractivity contribution in [1.82, 2.24) is 0 Å². The molecular formula is C18H16N2O. The van der Waals surface area contributed by atoms with Crippen molar-refractivity contribution >= 4 is 22.1 Å². The van der Waals surface area contributed by atoms with Gasteiger partial charge in [-0.2, -0.15) is 5.11 Å². The van der Waals surface area contributed by atoms with E-state index >= 15 is 0 Å². The Kier molecular flexibility index (Phi) is 3.65. The highest BCUT2D eigenvalue weighted by molar-refractivity contribution is 5.92. The summed E-state index contributed by atoms with van der Waals surface area (Å²) >= 11 is 0. The Morgan fingerprint density at radius 3 is 2.33 bits per heavy atom. The lowest BCUT2D eigenvalue weighted by atomic mass is 10.1. The number of ether oxygens (including phenoxy) is 1. The van der Waals surface area contributed by atoms with Gasteiger partial charge < -0.3 is 4.74 Å². The van der Waals surface area contributed by atoms with Crippen LogP contribution < -0.4 is 4.74 Å². The van der Waals surface area contributed by atoms with Crippen molar-refractivity contribution in [2.75, 3.05) is 7.11 Å². The first-order chi connectivity index (χ1) is 10.3. The summed E-state index contributed by atoms with van der Waals surface area (Å²) in [5.74, 6) is 0.754. The Balaban J connectivity index is 2.02. The Labute approximate surface area is 123 Å². The van der Waals surface area contributed by atoms with Crippen LogP contribution in [0.25, 0.3) is 10.8 Å². The molecule has 0 aliphatic rings. The molecule has 0 aromatic heterocycles. The summed E-state index contributed by atoms with van der Waals surface area (Å²) in [5.41, 5.74) is 2.77. The van der Waals surface area contributed by atoms with Gasteiger partial charge in [0, 0.05) is 5.39 Å². The molecule has 0 spiro atoms. The molecule has 0 aliphatic carbocycles. The fourth-order valence-corrected chi connectivity index (χ4v) is 2.25. The van der Waals surface area contributed by atoms with E-state index in [1.54, 1.807) is 7.11 Å². The standard InChI is InChI=1S/C18H16N2O/c1-13-7-10-15(11-8-13)19-20-17-12-9-14-5-3-4-6-16(14)18(17)21-2/h3-12H,1-2H3. The van der Waals surface area contributed by atoms with E-state index in [4.69, 9.17) is 4.74 Å². The van der Waals surface area contributed by atoms with Crippen LogP contribution in [-0.2, 0) is 0 Å². The first-order valence-electron chi connectivity index (χ1n) is 6.82. The molecule has 0 amide bonds. The maximum Gasteiger partial charge on any atom is 0.154 e. The van der Waals surface area contributed by atoms with Crippen molar-refractivity contribution in [1.29, 1.82) is 0 Å². The average Bonchev–Trinajstić information content (AvgIpc) is 2.53. The molecule has 0 saturated heterocycles. The monoisotopic (exact) mass is 276 g/mol. The number of methoxy groups -OCH3 is 1. The van der Waals surface area contributed by atoms with Crippen LogP contribution in [-0.4, -0.2) is 7.11 Å². The lowest BCUT2D eigenvalue weighted by Gasteiger charge is -2.07. The number of rotatable bonds is 3.